The van der Waals surface area contributed by atoms with Crippen LogP contribution in [0.1, 0.15) is 48.1 Å². The molecule has 0 saturated carbocycles. The summed E-state index contributed by atoms with van der Waals surface area (Å²) in [6.45, 7) is 8.07. The SMILES string of the molecule is Cc1cc(Nc2ncc(-c3nnc(C(C)(C)C)o3)c(N)n2)ccc1C(=O)N(C)C.OCCc1ccccc1. The molecule has 0 aliphatic carbocycles. The number of hydrogen-bond acceptors (Lipinski definition) is 9. The van der Waals surface area contributed by atoms with Gasteiger partial charge in [0.15, 0.2) is 0 Å². The third kappa shape index (κ3) is 7.36. The van der Waals surface area contributed by atoms with Gasteiger partial charge in [0, 0.05) is 43.6 Å². The summed E-state index contributed by atoms with van der Waals surface area (Å²) < 4.78 is 5.71. The zero-order valence-electron chi connectivity index (χ0n) is 22.7. The summed E-state index contributed by atoms with van der Waals surface area (Å²) in [5.74, 6) is 1.29. The second kappa shape index (κ2) is 12.3. The number of aliphatic hydroxyl groups is 1. The summed E-state index contributed by atoms with van der Waals surface area (Å²) >= 11 is 0. The number of carbonyl (C=O) groups is 1. The van der Waals surface area contributed by atoms with E-state index in [-0.39, 0.29) is 29.6 Å². The van der Waals surface area contributed by atoms with Gasteiger partial charge in [-0.05, 0) is 42.7 Å². The first-order valence-electron chi connectivity index (χ1n) is 12.2. The zero-order valence-corrected chi connectivity index (χ0v) is 22.7. The monoisotopic (exact) mass is 517 g/mol. The van der Waals surface area contributed by atoms with Crippen molar-refractivity contribution in [1.82, 2.24) is 25.1 Å². The first kappa shape index (κ1) is 28.3. The molecule has 4 N–H and O–H groups in total. The normalized spacial score (nSPS) is 10.9. The van der Waals surface area contributed by atoms with Gasteiger partial charge in [0.2, 0.25) is 11.8 Å². The van der Waals surface area contributed by atoms with E-state index in [1.807, 2.05) is 64.1 Å². The fourth-order valence-electron chi connectivity index (χ4n) is 3.38. The highest BCUT2D eigenvalue weighted by Crippen LogP contribution is 2.28. The fourth-order valence-corrected chi connectivity index (χ4v) is 3.38. The predicted octanol–water partition coefficient (Wildman–Crippen LogP) is 4.38. The van der Waals surface area contributed by atoms with Crippen LogP contribution in [0.25, 0.3) is 11.5 Å². The molecular weight excluding hydrogens is 482 g/mol. The minimum atomic E-state index is -0.264. The number of aliphatic hydroxyl groups excluding tert-OH is 1. The maximum Gasteiger partial charge on any atom is 0.253 e. The Bertz CT molecular complexity index is 1360. The van der Waals surface area contributed by atoms with E-state index in [0.717, 1.165) is 17.7 Å². The van der Waals surface area contributed by atoms with Crippen LogP contribution in [0, 0.1) is 6.92 Å². The van der Waals surface area contributed by atoms with Crippen molar-refractivity contribution < 1.29 is 14.3 Å². The van der Waals surface area contributed by atoms with Gasteiger partial charge in [-0.3, -0.25) is 4.79 Å². The molecule has 10 nitrogen and oxygen atoms in total. The van der Waals surface area contributed by atoms with Crippen molar-refractivity contribution in [2.24, 2.45) is 0 Å². The molecule has 0 fully saturated rings. The largest absolute Gasteiger partial charge is 0.420 e. The Morgan fingerprint density at radius 1 is 1.11 bits per heavy atom. The molecule has 2 aromatic heterocycles. The van der Waals surface area contributed by atoms with Crippen LogP contribution in [0.15, 0.2) is 59.1 Å². The number of amides is 1. The molecule has 0 atom stereocenters. The topological polar surface area (TPSA) is 143 Å². The van der Waals surface area contributed by atoms with E-state index < -0.39 is 0 Å². The Kier molecular flexibility index (Phi) is 9.14. The maximum atomic E-state index is 12.2. The highest BCUT2D eigenvalue weighted by molar-refractivity contribution is 5.95. The van der Waals surface area contributed by atoms with Crippen LogP contribution < -0.4 is 11.1 Å². The number of rotatable bonds is 6. The fraction of sp³-hybridized carbons (Fsp3) is 0.321. The number of hydrogen-bond donors (Lipinski definition) is 3. The number of nitrogens with zero attached hydrogens (tertiary/aromatic N) is 5. The van der Waals surface area contributed by atoms with Crippen molar-refractivity contribution >= 4 is 23.4 Å². The lowest BCUT2D eigenvalue weighted by Crippen LogP contribution is -2.22. The molecule has 10 heteroatoms. The molecule has 4 aromatic rings. The number of nitrogens with two attached hydrogens (primary N) is 1. The molecule has 0 aliphatic heterocycles. The van der Waals surface area contributed by atoms with Crippen molar-refractivity contribution in [3.8, 4) is 11.5 Å². The summed E-state index contributed by atoms with van der Waals surface area (Å²) in [6, 6.07) is 15.4. The van der Waals surface area contributed by atoms with Crippen molar-refractivity contribution in [2.45, 2.75) is 39.5 Å². The third-order valence-electron chi connectivity index (χ3n) is 5.48. The van der Waals surface area contributed by atoms with Crippen LogP contribution in [-0.2, 0) is 11.8 Å². The molecule has 2 heterocycles. The lowest BCUT2D eigenvalue weighted by molar-refractivity contribution is 0.0827. The van der Waals surface area contributed by atoms with E-state index >= 15 is 0 Å². The van der Waals surface area contributed by atoms with Crippen LogP contribution >= 0.6 is 0 Å². The molecule has 200 valence electrons. The van der Waals surface area contributed by atoms with E-state index in [2.05, 4.69) is 25.5 Å². The number of anilines is 3. The van der Waals surface area contributed by atoms with Crippen LogP contribution in [0.3, 0.4) is 0 Å². The van der Waals surface area contributed by atoms with Gasteiger partial charge in [0.25, 0.3) is 11.8 Å². The maximum absolute atomic E-state index is 12.2. The van der Waals surface area contributed by atoms with Crippen LogP contribution in [0.5, 0.6) is 0 Å². The smallest absolute Gasteiger partial charge is 0.253 e. The molecule has 1 amide bonds. The second-order valence-electron chi connectivity index (χ2n) is 9.97. The Balaban J connectivity index is 0.000000375. The number of benzene rings is 2. The van der Waals surface area contributed by atoms with Crippen molar-refractivity contribution in [3.63, 3.8) is 0 Å². The van der Waals surface area contributed by atoms with Gasteiger partial charge in [0.05, 0.1) is 5.56 Å². The van der Waals surface area contributed by atoms with Crippen LogP contribution in [0.4, 0.5) is 17.5 Å². The van der Waals surface area contributed by atoms with Crippen LogP contribution in [0.2, 0.25) is 0 Å². The van der Waals surface area contributed by atoms with Gasteiger partial charge < -0.3 is 25.5 Å². The summed E-state index contributed by atoms with van der Waals surface area (Å²) in [6.07, 6.45) is 2.31. The Morgan fingerprint density at radius 2 is 1.82 bits per heavy atom. The van der Waals surface area contributed by atoms with E-state index in [4.69, 9.17) is 15.3 Å². The number of carbonyl (C=O) groups excluding carboxylic acids is 1. The number of nitrogen functional groups attached to an aromatic ring is 1. The van der Waals surface area contributed by atoms with Crippen LogP contribution in [-0.4, -0.2) is 56.8 Å². The minimum Gasteiger partial charge on any atom is -0.420 e. The number of aromatic nitrogens is 4. The average molecular weight is 518 g/mol. The predicted molar refractivity (Wildman–Crippen MR) is 148 cm³/mol. The minimum absolute atomic E-state index is 0.0481. The van der Waals surface area contributed by atoms with E-state index in [1.54, 1.807) is 37.3 Å². The molecule has 4 rings (SSSR count). The van der Waals surface area contributed by atoms with Crippen molar-refractivity contribution in [1.29, 1.82) is 0 Å². The highest BCUT2D eigenvalue weighted by Gasteiger charge is 2.23. The van der Waals surface area contributed by atoms with Gasteiger partial charge in [-0.25, -0.2) is 4.98 Å². The van der Waals surface area contributed by atoms with E-state index in [0.29, 0.717) is 23.0 Å². The quantitative estimate of drug-likeness (QED) is 0.339. The molecule has 38 heavy (non-hydrogen) atoms. The molecule has 0 unspecified atom stereocenters. The van der Waals surface area contributed by atoms with E-state index in [9.17, 15) is 4.79 Å². The number of aryl methyl sites for hydroxylation is 1. The number of nitrogens with one attached hydrogen (secondary N) is 1. The summed E-state index contributed by atoms with van der Waals surface area (Å²) in [5, 5.41) is 19.7. The molecule has 0 radical (unpaired) electrons. The summed E-state index contributed by atoms with van der Waals surface area (Å²) in [7, 11) is 3.44. The average Bonchev–Trinajstić information content (AvgIpc) is 3.36. The van der Waals surface area contributed by atoms with E-state index in [1.165, 1.54) is 5.56 Å². The molecule has 0 saturated heterocycles. The molecular formula is C28H35N7O3. The van der Waals surface area contributed by atoms with Gasteiger partial charge in [-0.1, -0.05) is 51.1 Å². The van der Waals surface area contributed by atoms with Gasteiger partial charge in [0.1, 0.15) is 5.82 Å². The van der Waals surface area contributed by atoms with Gasteiger partial charge in [-0.2, -0.15) is 4.98 Å². The Hall–Kier alpha value is -4.31. The van der Waals surface area contributed by atoms with Gasteiger partial charge in [-0.15, -0.1) is 10.2 Å². The molecule has 0 bridgehead atoms. The first-order chi connectivity index (χ1) is 18.0. The second-order valence-corrected chi connectivity index (χ2v) is 9.97. The third-order valence-corrected chi connectivity index (χ3v) is 5.48. The lowest BCUT2D eigenvalue weighted by Gasteiger charge is -2.14. The zero-order chi connectivity index (χ0) is 27.9. The first-order valence-corrected chi connectivity index (χ1v) is 12.2. The lowest BCUT2D eigenvalue weighted by atomic mass is 9.97. The van der Waals surface area contributed by atoms with Crippen molar-refractivity contribution in [3.05, 3.63) is 77.3 Å². The highest BCUT2D eigenvalue weighted by atomic mass is 16.4. The standard InChI is InChI=1S/C20H25N7O2.C8H10O/c1-11-9-12(7-8-13(11)17(28)27(5)6)23-19-22-10-14(15(21)24-19)16-25-26-18(29-16)20(2,3)4;9-7-6-8-4-2-1-3-5-8/h7-10H,1-6H3,(H3,21,22,23,24);1-5,9H,6-7H2. The molecule has 0 aliphatic rings. The summed E-state index contributed by atoms with van der Waals surface area (Å²) in [4.78, 5) is 22.3. The Morgan fingerprint density at radius 3 is 2.37 bits per heavy atom. The summed E-state index contributed by atoms with van der Waals surface area (Å²) in [5.41, 5.74) is 9.72. The molecule has 0 spiro atoms. The Labute approximate surface area is 223 Å². The molecule has 2 aromatic carbocycles. The van der Waals surface area contributed by atoms with Crippen molar-refractivity contribution in [2.75, 3.05) is 31.8 Å². The van der Waals surface area contributed by atoms with Gasteiger partial charge >= 0.3 is 0 Å².